The summed E-state index contributed by atoms with van der Waals surface area (Å²) in [4.78, 5) is -0.638. The summed E-state index contributed by atoms with van der Waals surface area (Å²) in [6.45, 7) is 3.77. The van der Waals surface area contributed by atoms with Crippen LogP contribution in [0.5, 0.6) is 0 Å². The van der Waals surface area contributed by atoms with Crippen LogP contribution in [-0.2, 0) is 16.6 Å². The molecule has 0 heterocycles. The van der Waals surface area contributed by atoms with Gasteiger partial charge in [-0.3, -0.25) is 0 Å². The molecule has 1 fully saturated rings. The molecule has 2 rings (SSSR count). The summed E-state index contributed by atoms with van der Waals surface area (Å²) in [7, 11) is -2.47. The van der Waals surface area contributed by atoms with Crippen molar-refractivity contribution >= 4 is 10.0 Å². The number of hydrogen-bond acceptors (Lipinski definition) is 3. The van der Waals surface area contributed by atoms with Gasteiger partial charge in [-0.2, -0.15) is 0 Å². The Morgan fingerprint density at radius 1 is 1.29 bits per heavy atom. The molecule has 0 spiro atoms. The second-order valence-corrected chi connectivity index (χ2v) is 7.67. The molecule has 0 unspecified atom stereocenters. The molecule has 21 heavy (non-hydrogen) atoms. The number of halogens is 2. The Balaban J connectivity index is 2.39. The maximum absolute atomic E-state index is 13.9. The molecule has 7 heteroatoms. The first-order valence-electron chi connectivity index (χ1n) is 6.84. The van der Waals surface area contributed by atoms with Gasteiger partial charge >= 0.3 is 0 Å². The fourth-order valence-corrected chi connectivity index (χ4v) is 4.02. The van der Waals surface area contributed by atoms with E-state index < -0.39 is 32.1 Å². The van der Waals surface area contributed by atoms with Gasteiger partial charge in [0, 0.05) is 12.1 Å². The SMILES string of the molecule is CNCc1cc(F)c(F)c(S(=O)(=O)NC(C)(C)C2CC2)c1. The van der Waals surface area contributed by atoms with Crippen LogP contribution in [0.2, 0.25) is 0 Å². The third-order valence-electron chi connectivity index (χ3n) is 3.72. The molecule has 0 radical (unpaired) electrons. The maximum Gasteiger partial charge on any atom is 0.244 e. The molecule has 0 aliphatic heterocycles. The second kappa shape index (κ2) is 5.62. The highest BCUT2D eigenvalue weighted by Gasteiger charge is 2.41. The van der Waals surface area contributed by atoms with Crippen LogP contribution >= 0.6 is 0 Å². The molecule has 0 bridgehead atoms. The predicted octanol–water partition coefficient (Wildman–Crippen LogP) is 2.15. The molecule has 1 aliphatic rings. The van der Waals surface area contributed by atoms with E-state index in [-0.39, 0.29) is 12.5 Å². The first-order valence-corrected chi connectivity index (χ1v) is 8.32. The summed E-state index contributed by atoms with van der Waals surface area (Å²) in [5, 5.41) is 2.78. The predicted molar refractivity (Wildman–Crippen MR) is 76.2 cm³/mol. The highest BCUT2D eigenvalue weighted by molar-refractivity contribution is 7.89. The van der Waals surface area contributed by atoms with Crippen LogP contribution in [0.3, 0.4) is 0 Å². The van der Waals surface area contributed by atoms with Crippen LogP contribution in [0.15, 0.2) is 17.0 Å². The normalized spacial score (nSPS) is 16.2. The number of benzene rings is 1. The van der Waals surface area contributed by atoms with Gasteiger partial charge in [-0.05, 0) is 57.4 Å². The third-order valence-corrected chi connectivity index (χ3v) is 5.39. The number of nitrogens with one attached hydrogen (secondary N) is 2. The Morgan fingerprint density at radius 2 is 1.90 bits per heavy atom. The van der Waals surface area contributed by atoms with Crippen molar-refractivity contribution in [1.82, 2.24) is 10.0 Å². The van der Waals surface area contributed by atoms with Crippen molar-refractivity contribution in [3.63, 3.8) is 0 Å². The molecule has 4 nitrogen and oxygen atoms in total. The van der Waals surface area contributed by atoms with E-state index in [2.05, 4.69) is 10.0 Å². The quantitative estimate of drug-likeness (QED) is 0.845. The lowest BCUT2D eigenvalue weighted by atomic mass is 10.0. The maximum atomic E-state index is 13.9. The standard InChI is InChI=1S/C14H20F2N2O2S/c1-14(2,10-4-5-10)18-21(19,20)12-7-9(8-17-3)6-11(15)13(12)16/h6-7,10,17-18H,4-5,8H2,1-3H3. The fourth-order valence-electron chi connectivity index (χ4n) is 2.41. The van der Waals surface area contributed by atoms with E-state index in [9.17, 15) is 17.2 Å². The van der Waals surface area contributed by atoms with Crippen molar-refractivity contribution in [2.24, 2.45) is 5.92 Å². The first-order chi connectivity index (χ1) is 9.67. The minimum atomic E-state index is -4.11. The Hall–Kier alpha value is -1.05. The van der Waals surface area contributed by atoms with Gasteiger partial charge in [0.2, 0.25) is 10.0 Å². The highest BCUT2D eigenvalue weighted by atomic mass is 32.2. The zero-order chi connectivity index (χ0) is 15.8. The van der Waals surface area contributed by atoms with Gasteiger partial charge < -0.3 is 5.32 Å². The van der Waals surface area contributed by atoms with Gasteiger partial charge in [0.05, 0.1) is 0 Å². The van der Waals surface area contributed by atoms with Crippen LogP contribution in [0.4, 0.5) is 8.78 Å². The van der Waals surface area contributed by atoms with E-state index in [1.54, 1.807) is 20.9 Å². The van der Waals surface area contributed by atoms with E-state index >= 15 is 0 Å². The van der Waals surface area contributed by atoms with Crippen LogP contribution in [-0.4, -0.2) is 21.0 Å². The zero-order valence-corrected chi connectivity index (χ0v) is 13.2. The van der Waals surface area contributed by atoms with E-state index in [1.807, 2.05) is 0 Å². The monoisotopic (exact) mass is 318 g/mol. The Kier molecular flexibility index (Phi) is 4.37. The lowest BCUT2D eigenvalue weighted by molar-refractivity contribution is 0.398. The highest BCUT2D eigenvalue weighted by Crippen LogP contribution is 2.40. The molecular weight excluding hydrogens is 298 g/mol. The van der Waals surface area contributed by atoms with Crippen LogP contribution < -0.4 is 10.0 Å². The smallest absolute Gasteiger partial charge is 0.244 e. The summed E-state index contributed by atoms with van der Waals surface area (Å²) >= 11 is 0. The van der Waals surface area contributed by atoms with Crippen molar-refractivity contribution in [2.75, 3.05) is 7.05 Å². The minimum Gasteiger partial charge on any atom is -0.316 e. The molecule has 1 aromatic rings. The van der Waals surface area contributed by atoms with Crippen molar-refractivity contribution in [3.05, 3.63) is 29.3 Å². The van der Waals surface area contributed by atoms with E-state index in [0.29, 0.717) is 5.56 Å². The summed E-state index contributed by atoms with van der Waals surface area (Å²) < 4.78 is 54.7. The van der Waals surface area contributed by atoms with Crippen molar-refractivity contribution in [2.45, 2.75) is 43.7 Å². The molecule has 0 aromatic heterocycles. The molecule has 2 N–H and O–H groups in total. The van der Waals surface area contributed by atoms with Crippen LogP contribution in [0.1, 0.15) is 32.3 Å². The molecule has 0 atom stereocenters. The molecule has 1 aliphatic carbocycles. The van der Waals surface area contributed by atoms with E-state index in [0.717, 1.165) is 18.9 Å². The summed E-state index contributed by atoms with van der Waals surface area (Å²) in [5.41, 5.74) is -0.290. The Morgan fingerprint density at radius 3 is 2.43 bits per heavy atom. The third kappa shape index (κ3) is 3.59. The van der Waals surface area contributed by atoms with Gasteiger partial charge in [0.25, 0.3) is 0 Å². The molecule has 118 valence electrons. The largest absolute Gasteiger partial charge is 0.316 e. The summed E-state index contributed by atoms with van der Waals surface area (Å²) in [6, 6.07) is 2.16. The summed E-state index contributed by atoms with van der Waals surface area (Å²) in [5.74, 6) is -2.26. The van der Waals surface area contributed by atoms with Gasteiger partial charge in [-0.1, -0.05) is 0 Å². The van der Waals surface area contributed by atoms with Crippen molar-refractivity contribution < 1.29 is 17.2 Å². The lowest BCUT2D eigenvalue weighted by Crippen LogP contribution is -2.45. The molecule has 0 amide bonds. The molecule has 1 saturated carbocycles. The van der Waals surface area contributed by atoms with E-state index in [4.69, 9.17) is 0 Å². The van der Waals surface area contributed by atoms with Gasteiger partial charge in [-0.25, -0.2) is 21.9 Å². The van der Waals surface area contributed by atoms with Gasteiger partial charge in [-0.15, -0.1) is 0 Å². The van der Waals surface area contributed by atoms with Crippen LogP contribution in [0, 0.1) is 17.6 Å². The Bertz CT molecular complexity index is 641. The summed E-state index contributed by atoms with van der Waals surface area (Å²) in [6.07, 6.45) is 1.87. The lowest BCUT2D eigenvalue weighted by Gasteiger charge is -2.26. The molecular formula is C14H20F2N2O2S. The fraction of sp³-hybridized carbons (Fsp3) is 0.571. The average Bonchev–Trinajstić information content (AvgIpc) is 3.16. The topological polar surface area (TPSA) is 58.2 Å². The van der Waals surface area contributed by atoms with Crippen LogP contribution in [0.25, 0.3) is 0 Å². The van der Waals surface area contributed by atoms with Crippen molar-refractivity contribution in [3.8, 4) is 0 Å². The number of sulfonamides is 1. The Labute approximate surface area is 124 Å². The second-order valence-electron chi connectivity index (χ2n) is 6.02. The first kappa shape index (κ1) is 16.3. The minimum absolute atomic E-state index is 0.237. The molecule has 1 aromatic carbocycles. The molecule has 0 saturated heterocycles. The van der Waals surface area contributed by atoms with E-state index in [1.165, 1.54) is 6.07 Å². The number of hydrogen-bond donors (Lipinski definition) is 2. The number of rotatable bonds is 6. The van der Waals surface area contributed by atoms with Gasteiger partial charge in [0.15, 0.2) is 11.6 Å². The average molecular weight is 318 g/mol. The van der Waals surface area contributed by atoms with Gasteiger partial charge in [0.1, 0.15) is 4.90 Å². The zero-order valence-electron chi connectivity index (χ0n) is 12.3. The van der Waals surface area contributed by atoms with Crippen molar-refractivity contribution in [1.29, 1.82) is 0 Å².